The number of nitrogens with zero attached hydrogens (tertiary/aromatic N) is 4. The molecule has 1 N–H and O–H groups in total. The number of benzene rings is 1. The van der Waals surface area contributed by atoms with Gasteiger partial charge in [-0.05, 0) is 30.5 Å². The third-order valence-corrected chi connectivity index (χ3v) is 6.86. The number of furan rings is 1. The first-order valence-electron chi connectivity index (χ1n) is 10.6. The van der Waals surface area contributed by atoms with Gasteiger partial charge in [-0.15, -0.1) is 11.8 Å². The van der Waals surface area contributed by atoms with E-state index < -0.39 is 16.8 Å². The topological polar surface area (TPSA) is 104 Å². The van der Waals surface area contributed by atoms with E-state index in [9.17, 15) is 19.3 Å². The maximum atomic E-state index is 15.0. The number of thioether (sulfide) groups is 1. The molecule has 0 unspecified atom stereocenters. The van der Waals surface area contributed by atoms with Gasteiger partial charge in [-0.2, -0.15) is 0 Å². The Kier molecular flexibility index (Phi) is 7.54. The molecule has 1 atom stereocenters. The van der Waals surface area contributed by atoms with E-state index in [0.29, 0.717) is 67.3 Å². The van der Waals surface area contributed by atoms with Crippen LogP contribution >= 0.6 is 24.0 Å². The fourth-order valence-corrected chi connectivity index (χ4v) is 4.26. The molecule has 1 aromatic carbocycles. The standard InChI is InChI=1S/C21H24FN5O5S2/c1-34-20(33)23-11-16-13-26(21(28)32-16)14-2-4-18(17(22)10-14)25-8-6-24(7-9-25)12-15-3-5-19(31-15)27(29)30/h2-5,10,16H,6-9,11-13H2,1H3,(H,23,33)/t16-/m0/s1. The van der Waals surface area contributed by atoms with Crippen LogP contribution < -0.4 is 15.1 Å². The number of ether oxygens (including phenoxy) is 1. The predicted octanol–water partition coefficient (Wildman–Crippen LogP) is 3.21. The van der Waals surface area contributed by atoms with E-state index in [1.165, 1.54) is 28.8 Å². The Balaban J connectivity index is 1.32. The van der Waals surface area contributed by atoms with E-state index >= 15 is 0 Å². The first-order chi connectivity index (χ1) is 16.3. The van der Waals surface area contributed by atoms with Crippen LogP contribution in [0.1, 0.15) is 5.76 Å². The predicted molar refractivity (Wildman–Crippen MR) is 131 cm³/mol. The Labute approximate surface area is 205 Å². The molecule has 2 aromatic rings. The van der Waals surface area contributed by atoms with Crippen molar-refractivity contribution in [1.29, 1.82) is 0 Å². The van der Waals surface area contributed by atoms with Gasteiger partial charge in [-0.25, -0.2) is 9.18 Å². The molecular weight excluding hydrogens is 485 g/mol. The zero-order valence-electron chi connectivity index (χ0n) is 18.4. The smallest absolute Gasteiger partial charge is 0.433 e. The molecule has 4 rings (SSSR count). The van der Waals surface area contributed by atoms with Crippen LogP contribution in [0.5, 0.6) is 0 Å². The van der Waals surface area contributed by atoms with Crippen molar-refractivity contribution in [2.75, 3.05) is 55.3 Å². The van der Waals surface area contributed by atoms with Crippen molar-refractivity contribution in [1.82, 2.24) is 10.2 Å². The van der Waals surface area contributed by atoms with Gasteiger partial charge in [0, 0.05) is 26.2 Å². The molecule has 0 radical (unpaired) electrons. The number of hydrogen-bond donors (Lipinski definition) is 1. The third kappa shape index (κ3) is 5.59. The second-order valence-corrected chi connectivity index (χ2v) is 9.37. The number of cyclic esters (lactones) is 1. The summed E-state index contributed by atoms with van der Waals surface area (Å²) in [6.45, 7) is 3.66. The van der Waals surface area contributed by atoms with E-state index in [4.69, 9.17) is 21.4 Å². The Morgan fingerprint density at radius 1 is 1.29 bits per heavy atom. The highest BCUT2D eigenvalue weighted by Gasteiger charge is 2.33. The summed E-state index contributed by atoms with van der Waals surface area (Å²) in [4.78, 5) is 27.9. The average Bonchev–Trinajstić information content (AvgIpc) is 3.44. The fraction of sp³-hybridized carbons (Fsp3) is 0.429. The molecule has 182 valence electrons. The number of carbonyl (C=O) groups is 1. The third-order valence-electron chi connectivity index (χ3n) is 5.70. The average molecular weight is 510 g/mol. The molecule has 13 heteroatoms. The van der Waals surface area contributed by atoms with Crippen LogP contribution in [-0.2, 0) is 11.3 Å². The van der Waals surface area contributed by atoms with Crippen molar-refractivity contribution in [3.05, 3.63) is 52.0 Å². The van der Waals surface area contributed by atoms with Crippen LogP contribution in [0, 0.1) is 15.9 Å². The molecule has 10 nitrogen and oxygen atoms in total. The fourth-order valence-electron chi connectivity index (χ4n) is 3.95. The molecule has 2 aliphatic rings. The summed E-state index contributed by atoms with van der Waals surface area (Å²) in [6.07, 6.45) is 0.976. The minimum Gasteiger partial charge on any atom is -0.442 e. The quantitative estimate of drug-likeness (QED) is 0.340. The number of anilines is 2. The van der Waals surface area contributed by atoms with Crippen LogP contribution in [0.3, 0.4) is 0 Å². The molecule has 0 aliphatic carbocycles. The first-order valence-corrected chi connectivity index (χ1v) is 12.3. The molecule has 34 heavy (non-hydrogen) atoms. The molecule has 0 spiro atoms. The largest absolute Gasteiger partial charge is 0.442 e. The molecule has 1 aromatic heterocycles. The second kappa shape index (κ2) is 10.6. The molecule has 2 fully saturated rings. The second-order valence-electron chi connectivity index (χ2n) is 7.88. The number of nitro groups is 1. The lowest BCUT2D eigenvalue weighted by Crippen LogP contribution is -2.46. The van der Waals surface area contributed by atoms with Gasteiger partial charge in [0.25, 0.3) is 0 Å². The summed E-state index contributed by atoms with van der Waals surface area (Å²) in [6, 6.07) is 7.70. The Morgan fingerprint density at radius 3 is 2.71 bits per heavy atom. The summed E-state index contributed by atoms with van der Waals surface area (Å²) in [5, 5.41) is 13.8. The molecule has 3 heterocycles. The SMILES string of the molecule is CSC(=S)NC[C@H]1CN(c2ccc(N3CCN(Cc4ccc([N+](=O)[O-])o4)CC3)c(F)c2)C(=O)O1. The molecule has 1 amide bonds. The van der Waals surface area contributed by atoms with Crippen LogP contribution in [0.25, 0.3) is 0 Å². The lowest BCUT2D eigenvalue weighted by molar-refractivity contribution is -0.402. The number of carbonyl (C=O) groups excluding carboxylic acids is 1. The van der Waals surface area contributed by atoms with E-state index in [2.05, 4.69) is 10.2 Å². The monoisotopic (exact) mass is 509 g/mol. The summed E-state index contributed by atoms with van der Waals surface area (Å²) >= 11 is 6.50. The molecule has 2 saturated heterocycles. The maximum Gasteiger partial charge on any atom is 0.433 e. The molecule has 2 aliphatic heterocycles. The highest BCUT2D eigenvalue weighted by atomic mass is 32.2. The van der Waals surface area contributed by atoms with Crippen LogP contribution in [0.2, 0.25) is 0 Å². The number of hydrogen-bond acceptors (Lipinski definition) is 9. The van der Waals surface area contributed by atoms with Gasteiger partial charge in [0.15, 0.2) is 0 Å². The summed E-state index contributed by atoms with van der Waals surface area (Å²) in [5.74, 6) is -0.161. The van der Waals surface area contributed by atoms with Crippen molar-refractivity contribution in [2.24, 2.45) is 0 Å². The van der Waals surface area contributed by atoms with Crippen molar-refractivity contribution in [2.45, 2.75) is 12.6 Å². The number of thiocarbonyl (C=S) groups is 1. The number of amides is 1. The number of nitrogens with one attached hydrogen (secondary N) is 1. The molecule has 0 bridgehead atoms. The van der Waals surface area contributed by atoms with Gasteiger partial charge in [-0.1, -0.05) is 12.2 Å². The van der Waals surface area contributed by atoms with Crippen molar-refractivity contribution in [3.8, 4) is 0 Å². The van der Waals surface area contributed by atoms with Gasteiger partial charge < -0.3 is 19.4 Å². The van der Waals surface area contributed by atoms with Gasteiger partial charge in [0.2, 0.25) is 0 Å². The highest BCUT2D eigenvalue weighted by molar-refractivity contribution is 8.22. The van der Waals surface area contributed by atoms with Gasteiger partial charge in [-0.3, -0.25) is 19.9 Å². The molecule has 0 saturated carbocycles. The van der Waals surface area contributed by atoms with Crippen molar-refractivity contribution in [3.63, 3.8) is 0 Å². The molecular formula is C21H24FN5O5S2. The Morgan fingerprint density at radius 2 is 2.06 bits per heavy atom. The van der Waals surface area contributed by atoms with E-state index in [1.54, 1.807) is 18.2 Å². The van der Waals surface area contributed by atoms with Crippen LogP contribution in [-0.4, -0.2) is 71.9 Å². The summed E-state index contributed by atoms with van der Waals surface area (Å²) in [5.41, 5.74) is 0.910. The number of halogens is 1. The normalized spacial score (nSPS) is 18.8. The van der Waals surface area contributed by atoms with Crippen molar-refractivity contribution < 1.29 is 23.3 Å². The van der Waals surface area contributed by atoms with Gasteiger partial charge >= 0.3 is 12.0 Å². The lowest BCUT2D eigenvalue weighted by atomic mass is 10.2. The van der Waals surface area contributed by atoms with E-state index in [0.717, 1.165) is 0 Å². The Bertz CT molecular complexity index is 1080. The van der Waals surface area contributed by atoms with Gasteiger partial charge in [0.1, 0.15) is 26.9 Å². The minimum absolute atomic E-state index is 0.274. The van der Waals surface area contributed by atoms with Crippen LogP contribution in [0.15, 0.2) is 34.7 Å². The zero-order chi connectivity index (χ0) is 24.2. The first kappa shape index (κ1) is 24.2. The number of rotatable bonds is 7. The van der Waals surface area contributed by atoms with E-state index in [-0.39, 0.29) is 12.0 Å². The summed E-state index contributed by atoms with van der Waals surface area (Å²) in [7, 11) is 0. The highest BCUT2D eigenvalue weighted by Crippen LogP contribution is 2.29. The van der Waals surface area contributed by atoms with Crippen LogP contribution in [0.4, 0.5) is 26.4 Å². The zero-order valence-corrected chi connectivity index (χ0v) is 20.1. The minimum atomic E-state index is -0.562. The van der Waals surface area contributed by atoms with Crippen molar-refractivity contribution >= 4 is 51.7 Å². The Hall–Kier alpha value is -2.90. The van der Waals surface area contributed by atoms with E-state index in [1.807, 2.05) is 11.2 Å². The lowest BCUT2D eigenvalue weighted by Gasteiger charge is -2.36. The maximum absolute atomic E-state index is 15.0. The van der Waals surface area contributed by atoms with Gasteiger partial charge in [0.05, 0.1) is 37.1 Å². The number of piperazine rings is 1. The summed E-state index contributed by atoms with van der Waals surface area (Å²) < 4.78 is 26.2.